The molecule has 0 atom stereocenters. The monoisotopic (exact) mass is 124 g/mol. The Balaban J connectivity index is 2.60. The first-order valence-electron chi connectivity index (χ1n) is 1.36. The van der Waals surface area contributed by atoms with Gasteiger partial charge in [-0.1, -0.05) is 0 Å². The zero-order valence-electron chi connectivity index (χ0n) is 3.03. The zero-order chi connectivity index (χ0) is 5.49. The first kappa shape index (κ1) is 4.61. The van der Waals surface area contributed by atoms with Crippen molar-refractivity contribution in [2.75, 3.05) is 0 Å². The van der Waals surface area contributed by atoms with E-state index in [2.05, 4.69) is 9.05 Å². The summed E-state index contributed by atoms with van der Waals surface area (Å²) < 4.78 is 16.9. The normalized spacial score (nSPS) is 24.4. The largest absolute Gasteiger partial charge is 0.594 e. The number of carbonyl (C=O) groups excluding carboxylic acids is 1. The molecule has 6 heteroatoms. The van der Waals surface area contributed by atoms with Gasteiger partial charge in [0.1, 0.15) is 0 Å². The van der Waals surface area contributed by atoms with E-state index in [0.29, 0.717) is 0 Å². The van der Waals surface area contributed by atoms with Crippen molar-refractivity contribution in [2.45, 2.75) is 0 Å². The van der Waals surface area contributed by atoms with Crippen LogP contribution in [-0.4, -0.2) is 11.0 Å². The van der Waals surface area contributed by atoms with Crippen molar-refractivity contribution >= 4 is 14.0 Å². The van der Waals surface area contributed by atoms with Gasteiger partial charge in [-0.05, 0) is 0 Å². The lowest BCUT2D eigenvalue weighted by atomic mass is 11.5. The highest BCUT2D eigenvalue weighted by atomic mass is 31.2. The third kappa shape index (κ3) is 0.730. The van der Waals surface area contributed by atoms with Crippen LogP contribution in [0.5, 0.6) is 0 Å². The van der Waals surface area contributed by atoms with Crippen LogP contribution in [0.3, 0.4) is 0 Å². The van der Waals surface area contributed by atoms with E-state index < -0.39 is 14.0 Å². The summed E-state index contributed by atoms with van der Waals surface area (Å²) in [7, 11) is -3.87. The van der Waals surface area contributed by atoms with Crippen LogP contribution < -0.4 is 0 Å². The van der Waals surface area contributed by atoms with Crippen LogP contribution >= 0.6 is 7.82 Å². The number of rotatable bonds is 0. The molecule has 1 N–H and O–H groups in total. The van der Waals surface area contributed by atoms with E-state index in [1.54, 1.807) is 0 Å². The van der Waals surface area contributed by atoms with Gasteiger partial charge in [0.05, 0.1) is 0 Å². The molecular weight excluding hydrogens is 123 g/mol. The summed E-state index contributed by atoms with van der Waals surface area (Å²) in [6.45, 7) is 0. The first-order valence-corrected chi connectivity index (χ1v) is 2.86. The van der Waals surface area contributed by atoms with Crippen molar-refractivity contribution in [2.24, 2.45) is 0 Å². The van der Waals surface area contributed by atoms with Gasteiger partial charge in [-0.25, -0.2) is 9.36 Å². The third-order valence-electron chi connectivity index (χ3n) is 0.380. The Hall–Kier alpha value is -0.540. The number of phosphoric acid groups is 1. The van der Waals surface area contributed by atoms with Crippen LogP contribution in [0, 0.1) is 0 Å². The molecule has 0 unspecified atom stereocenters. The van der Waals surface area contributed by atoms with Crippen molar-refractivity contribution in [1.82, 2.24) is 0 Å². The van der Waals surface area contributed by atoms with Gasteiger partial charge in [-0.2, -0.15) is 0 Å². The van der Waals surface area contributed by atoms with Crippen molar-refractivity contribution in [1.29, 1.82) is 0 Å². The van der Waals surface area contributed by atoms with Gasteiger partial charge in [0.25, 0.3) is 0 Å². The molecule has 40 valence electrons. The molecule has 0 radical (unpaired) electrons. The summed E-state index contributed by atoms with van der Waals surface area (Å²) in [5.41, 5.74) is 0. The van der Waals surface area contributed by atoms with Crippen LogP contribution in [-0.2, 0) is 13.6 Å². The molecule has 0 aliphatic carbocycles. The standard InChI is InChI=1S/CHO5P/c2-1-5-7(3,4)6-1/h(H,3,4). The summed E-state index contributed by atoms with van der Waals surface area (Å²) in [6.07, 6.45) is -1.09. The van der Waals surface area contributed by atoms with Crippen molar-refractivity contribution in [3.63, 3.8) is 0 Å². The average molecular weight is 124 g/mol. The van der Waals surface area contributed by atoms with Gasteiger partial charge >= 0.3 is 14.0 Å². The molecule has 0 aromatic carbocycles. The molecule has 1 heterocycles. The fourth-order valence-corrected chi connectivity index (χ4v) is 0.586. The second-order valence-corrected chi connectivity index (χ2v) is 2.20. The molecular formula is CHO5P. The smallest absolute Gasteiger partial charge is 0.328 e. The first-order chi connectivity index (χ1) is 3.10. The van der Waals surface area contributed by atoms with Gasteiger partial charge in [0, 0.05) is 0 Å². The van der Waals surface area contributed by atoms with Crippen LogP contribution in [0.2, 0.25) is 0 Å². The van der Waals surface area contributed by atoms with Crippen molar-refractivity contribution in [3.05, 3.63) is 0 Å². The average Bonchev–Trinajstić information content (AvgIpc) is 1.27. The molecule has 0 aromatic rings. The third-order valence-corrected chi connectivity index (χ3v) is 1.14. The van der Waals surface area contributed by atoms with Crippen LogP contribution in [0.1, 0.15) is 0 Å². The van der Waals surface area contributed by atoms with E-state index in [-0.39, 0.29) is 0 Å². The molecule has 1 rings (SSSR count). The van der Waals surface area contributed by atoms with Crippen LogP contribution in [0.4, 0.5) is 4.79 Å². The highest BCUT2D eigenvalue weighted by Crippen LogP contribution is 2.52. The fraction of sp³-hybridized carbons (Fsp3) is 0. The van der Waals surface area contributed by atoms with E-state index in [1.165, 1.54) is 0 Å². The zero-order valence-corrected chi connectivity index (χ0v) is 3.92. The molecule has 1 saturated heterocycles. The Kier molecular flexibility index (Phi) is 0.654. The molecule has 0 saturated carbocycles. The molecule has 1 aliphatic heterocycles. The Labute approximate surface area is 38.5 Å². The fourth-order valence-electron chi connectivity index (χ4n) is 0.195. The molecule has 1 fully saturated rings. The van der Waals surface area contributed by atoms with Gasteiger partial charge < -0.3 is 9.05 Å². The number of phosphoric ester groups is 1. The highest BCUT2D eigenvalue weighted by Gasteiger charge is 2.42. The predicted molar refractivity (Wildman–Crippen MR) is 17.4 cm³/mol. The second-order valence-electron chi connectivity index (χ2n) is 0.901. The van der Waals surface area contributed by atoms with Gasteiger partial charge in [0.2, 0.25) is 0 Å². The Morgan fingerprint density at radius 1 is 1.57 bits per heavy atom. The second kappa shape index (κ2) is 0.993. The minimum Gasteiger partial charge on any atom is -0.328 e. The van der Waals surface area contributed by atoms with Crippen LogP contribution in [0.15, 0.2) is 0 Å². The Morgan fingerprint density at radius 2 is 2.00 bits per heavy atom. The number of hydrogen-bond donors (Lipinski definition) is 1. The van der Waals surface area contributed by atoms with E-state index in [9.17, 15) is 9.36 Å². The van der Waals surface area contributed by atoms with Gasteiger partial charge in [-0.3, -0.25) is 4.89 Å². The molecule has 0 spiro atoms. The van der Waals surface area contributed by atoms with E-state index >= 15 is 0 Å². The maximum atomic E-state index is 9.77. The molecule has 0 aromatic heterocycles. The molecule has 5 nitrogen and oxygen atoms in total. The molecule has 7 heavy (non-hydrogen) atoms. The summed E-state index contributed by atoms with van der Waals surface area (Å²) >= 11 is 0. The number of hydrogen-bond acceptors (Lipinski definition) is 4. The SMILES string of the molecule is O=C1OP(=O)(O)O1. The summed E-state index contributed by atoms with van der Waals surface area (Å²) in [6, 6.07) is 0. The summed E-state index contributed by atoms with van der Waals surface area (Å²) in [4.78, 5) is 17.5. The van der Waals surface area contributed by atoms with Crippen molar-refractivity contribution in [3.8, 4) is 0 Å². The van der Waals surface area contributed by atoms with Gasteiger partial charge in [-0.15, -0.1) is 0 Å². The molecule has 1 aliphatic rings. The lowest BCUT2D eigenvalue weighted by molar-refractivity contribution is 0.0714. The highest BCUT2D eigenvalue weighted by molar-refractivity contribution is 7.50. The van der Waals surface area contributed by atoms with Gasteiger partial charge in [0.15, 0.2) is 0 Å². The lowest BCUT2D eigenvalue weighted by Gasteiger charge is -2.16. The quantitative estimate of drug-likeness (QED) is 0.468. The molecule has 0 amide bonds. The predicted octanol–water partition coefficient (Wildman–Crippen LogP) is 0.254. The van der Waals surface area contributed by atoms with E-state index in [1.807, 2.05) is 0 Å². The molecule has 0 bridgehead atoms. The summed E-state index contributed by atoms with van der Waals surface area (Å²) in [5.74, 6) is 0. The van der Waals surface area contributed by atoms with Crippen molar-refractivity contribution < 1.29 is 23.3 Å². The maximum absolute atomic E-state index is 9.77. The minimum atomic E-state index is -3.87. The van der Waals surface area contributed by atoms with E-state index in [0.717, 1.165) is 0 Å². The minimum absolute atomic E-state index is 1.09. The Bertz CT molecular complexity index is 136. The van der Waals surface area contributed by atoms with Crippen LogP contribution in [0.25, 0.3) is 0 Å². The Morgan fingerprint density at radius 3 is 2.00 bits per heavy atom. The number of carbonyl (C=O) groups is 1. The van der Waals surface area contributed by atoms with E-state index in [4.69, 9.17) is 4.89 Å². The maximum Gasteiger partial charge on any atom is 0.594 e. The summed E-state index contributed by atoms with van der Waals surface area (Å²) in [5, 5.41) is 0. The topological polar surface area (TPSA) is 72.8 Å². The lowest BCUT2D eigenvalue weighted by Crippen LogP contribution is -2.15.